The normalized spacial score (nSPS) is 10.9. The van der Waals surface area contributed by atoms with Gasteiger partial charge in [-0.3, -0.25) is 9.59 Å². The quantitative estimate of drug-likeness (QED) is 0.832. The van der Waals surface area contributed by atoms with Gasteiger partial charge in [0.05, 0.1) is 6.26 Å². The molecule has 2 aromatic rings. The summed E-state index contributed by atoms with van der Waals surface area (Å²) in [6.07, 6.45) is 3.00. The molecule has 2 rings (SSSR count). The van der Waals surface area contributed by atoms with E-state index < -0.39 is 5.91 Å². The minimum absolute atomic E-state index is 0.146. The zero-order chi connectivity index (χ0) is 14.4. The first kappa shape index (κ1) is 13.6. The standard InChI is InChI=1S/C15H14N2O3/c1-16-14(18)12(10-11-6-3-2-4-7-11)17-15(19)13-8-5-9-20-13/h2-10H,1H3,(H,16,18)(H,17,19)/b12-10+. The molecule has 5 heteroatoms. The van der Waals surface area contributed by atoms with Crippen LogP contribution in [-0.2, 0) is 4.79 Å². The first-order chi connectivity index (χ1) is 9.70. The van der Waals surface area contributed by atoms with Crippen LogP contribution in [0.5, 0.6) is 0 Å². The van der Waals surface area contributed by atoms with E-state index in [0.717, 1.165) is 5.56 Å². The van der Waals surface area contributed by atoms with Crippen LogP contribution in [0.1, 0.15) is 16.1 Å². The van der Waals surface area contributed by atoms with Crippen LogP contribution in [0.4, 0.5) is 0 Å². The van der Waals surface area contributed by atoms with Gasteiger partial charge in [0, 0.05) is 7.05 Å². The Kier molecular flexibility index (Phi) is 4.34. The van der Waals surface area contributed by atoms with Crippen molar-refractivity contribution in [3.8, 4) is 0 Å². The predicted molar refractivity (Wildman–Crippen MR) is 74.7 cm³/mol. The van der Waals surface area contributed by atoms with Gasteiger partial charge in [-0.2, -0.15) is 0 Å². The zero-order valence-corrected chi connectivity index (χ0v) is 10.9. The van der Waals surface area contributed by atoms with Crippen molar-refractivity contribution in [1.82, 2.24) is 10.6 Å². The highest BCUT2D eigenvalue weighted by Gasteiger charge is 2.14. The van der Waals surface area contributed by atoms with Crippen LogP contribution < -0.4 is 10.6 Å². The smallest absolute Gasteiger partial charge is 0.291 e. The Morgan fingerprint density at radius 3 is 2.45 bits per heavy atom. The van der Waals surface area contributed by atoms with Crippen LogP contribution in [0.2, 0.25) is 0 Å². The monoisotopic (exact) mass is 270 g/mol. The van der Waals surface area contributed by atoms with Gasteiger partial charge in [0.1, 0.15) is 5.70 Å². The fourth-order valence-electron chi connectivity index (χ4n) is 1.60. The Morgan fingerprint density at radius 1 is 1.10 bits per heavy atom. The summed E-state index contributed by atoms with van der Waals surface area (Å²) in [4.78, 5) is 23.7. The summed E-state index contributed by atoms with van der Waals surface area (Å²) in [6, 6.07) is 12.4. The summed E-state index contributed by atoms with van der Waals surface area (Å²) in [5.74, 6) is -0.706. The third-order valence-corrected chi connectivity index (χ3v) is 2.58. The lowest BCUT2D eigenvalue weighted by Gasteiger charge is -2.07. The average molecular weight is 270 g/mol. The number of amides is 2. The molecule has 102 valence electrons. The lowest BCUT2D eigenvalue weighted by molar-refractivity contribution is -0.117. The van der Waals surface area contributed by atoms with Crippen LogP contribution in [0.25, 0.3) is 6.08 Å². The number of nitrogens with one attached hydrogen (secondary N) is 2. The largest absolute Gasteiger partial charge is 0.459 e. The molecule has 1 heterocycles. The van der Waals surface area contributed by atoms with E-state index in [0.29, 0.717) is 0 Å². The van der Waals surface area contributed by atoms with E-state index in [1.54, 1.807) is 12.1 Å². The zero-order valence-electron chi connectivity index (χ0n) is 10.9. The molecule has 2 amide bonds. The first-order valence-corrected chi connectivity index (χ1v) is 6.04. The molecule has 0 saturated heterocycles. The van der Waals surface area contributed by atoms with Crippen molar-refractivity contribution in [3.63, 3.8) is 0 Å². The maximum Gasteiger partial charge on any atom is 0.291 e. The van der Waals surface area contributed by atoms with Crippen molar-refractivity contribution < 1.29 is 14.0 Å². The number of likely N-dealkylation sites (N-methyl/N-ethyl adjacent to an activating group) is 1. The molecule has 1 aromatic carbocycles. The Labute approximate surface area is 116 Å². The van der Waals surface area contributed by atoms with Crippen LogP contribution >= 0.6 is 0 Å². The van der Waals surface area contributed by atoms with Gasteiger partial charge in [-0.15, -0.1) is 0 Å². The molecular formula is C15H14N2O3. The third kappa shape index (κ3) is 3.35. The summed E-state index contributed by atoms with van der Waals surface area (Å²) in [5.41, 5.74) is 0.964. The van der Waals surface area contributed by atoms with E-state index in [4.69, 9.17) is 4.42 Å². The molecule has 0 aliphatic rings. The van der Waals surface area contributed by atoms with Crippen LogP contribution in [0, 0.1) is 0 Å². The molecule has 20 heavy (non-hydrogen) atoms. The molecule has 0 bridgehead atoms. The van der Waals surface area contributed by atoms with Crippen molar-refractivity contribution in [3.05, 3.63) is 65.7 Å². The molecule has 0 atom stereocenters. The number of carbonyl (C=O) groups excluding carboxylic acids is 2. The van der Waals surface area contributed by atoms with Crippen LogP contribution in [-0.4, -0.2) is 18.9 Å². The summed E-state index contributed by atoms with van der Waals surface area (Å²) in [5, 5.41) is 5.02. The van der Waals surface area contributed by atoms with Gasteiger partial charge in [0.25, 0.3) is 11.8 Å². The number of benzene rings is 1. The maximum absolute atomic E-state index is 11.9. The second kappa shape index (κ2) is 6.38. The van der Waals surface area contributed by atoms with Crippen molar-refractivity contribution >= 4 is 17.9 Å². The molecule has 2 N–H and O–H groups in total. The highest BCUT2D eigenvalue weighted by atomic mass is 16.3. The molecule has 0 spiro atoms. The highest BCUT2D eigenvalue weighted by molar-refractivity contribution is 6.04. The number of furan rings is 1. The number of hydrogen-bond donors (Lipinski definition) is 2. The number of rotatable bonds is 4. The Morgan fingerprint density at radius 2 is 1.85 bits per heavy atom. The van der Waals surface area contributed by atoms with E-state index in [1.807, 2.05) is 30.3 Å². The highest BCUT2D eigenvalue weighted by Crippen LogP contribution is 2.07. The SMILES string of the molecule is CNC(=O)/C(=C\c1ccccc1)NC(=O)c1ccco1. The second-order valence-corrected chi connectivity index (χ2v) is 3.98. The van der Waals surface area contributed by atoms with Gasteiger partial charge < -0.3 is 15.1 Å². The summed E-state index contributed by atoms with van der Waals surface area (Å²) in [6.45, 7) is 0. The predicted octanol–water partition coefficient (Wildman–Crippen LogP) is 1.80. The minimum Gasteiger partial charge on any atom is -0.459 e. The van der Waals surface area contributed by atoms with Crippen molar-refractivity contribution in [2.75, 3.05) is 7.05 Å². The van der Waals surface area contributed by atoms with Gasteiger partial charge >= 0.3 is 0 Å². The summed E-state index contributed by atoms with van der Waals surface area (Å²) >= 11 is 0. The molecule has 0 aliphatic heterocycles. The lowest BCUT2D eigenvalue weighted by atomic mass is 10.2. The molecule has 1 aromatic heterocycles. The van der Waals surface area contributed by atoms with Gasteiger partial charge in [-0.05, 0) is 23.8 Å². The Bertz CT molecular complexity index is 616. The van der Waals surface area contributed by atoms with E-state index in [2.05, 4.69) is 10.6 Å². The number of hydrogen-bond acceptors (Lipinski definition) is 3. The van der Waals surface area contributed by atoms with E-state index >= 15 is 0 Å². The fourth-order valence-corrected chi connectivity index (χ4v) is 1.60. The average Bonchev–Trinajstić information content (AvgIpc) is 3.01. The van der Waals surface area contributed by atoms with E-state index in [9.17, 15) is 9.59 Å². The van der Waals surface area contributed by atoms with Crippen LogP contribution in [0.3, 0.4) is 0 Å². The fraction of sp³-hybridized carbons (Fsp3) is 0.0667. The van der Waals surface area contributed by atoms with Gasteiger partial charge in [0.15, 0.2) is 5.76 Å². The molecule has 0 saturated carbocycles. The molecule has 0 aliphatic carbocycles. The summed E-state index contributed by atoms with van der Waals surface area (Å²) < 4.78 is 4.99. The molecule has 0 radical (unpaired) electrons. The molecular weight excluding hydrogens is 256 g/mol. The third-order valence-electron chi connectivity index (χ3n) is 2.58. The number of carbonyl (C=O) groups is 2. The Balaban J connectivity index is 2.23. The Hall–Kier alpha value is -2.82. The lowest BCUT2D eigenvalue weighted by Crippen LogP contribution is -2.32. The molecule has 0 fully saturated rings. The van der Waals surface area contributed by atoms with Gasteiger partial charge in [-0.1, -0.05) is 30.3 Å². The second-order valence-electron chi connectivity index (χ2n) is 3.98. The van der Waals surface area contributed by atoms with Crippen molar-refractivity contribution in [2.45, 2.75) is 0 Å². The van der Waals surface area contributed by atoms with E-state index in [-0.39, 0.29) is 17.4 Å². The van der Waals surface area contributed by atoms with Gasteiger partial charge in [0.2, 0.25) is 0 Å². The molecule has 0 unspecified atom stereocenters. The van der Waals surface area contributed by atoms with Crippen molar-refractivity contribution in [1.29, 1.82) is 0 Å². The first-order valence-electron chi connectivity index (χ1n) is 6.04. The topological polar surface area (TPSA) is 71.3 Å². The minimum atomic E-state index is -0.471. The summed E-state index contributed by atoms with van der Waals surface area (Å²) in [7, 11) is 1.50. The molecule has 5 nitrogen and oxygen atoms in total. The van der Waals surface area contributed by atoms with Crippen LogP contribution in [0.15, 0.2) is 58.8 Å². The van der Waals surface area contributed by atoms with E-state index in [1.165, 1.54) is 19.4 Å². The maximum atomic E-state index is 11.9. The van der Waals surface area contributed by atoms with Gasteiger partial charge in [-0.25, -0.2) is 0 Å². The van der Waals surface area contributed by atoms with Crippen molar-refractivity contribution in [2.24, 2.45) is 0 Å².